The molecule has 0 unspecified atom stereocenters. The molecule has 11 heteroatoms. The summed E-state index contributed by atoms with van der Waals surface area (Å²) in [6.07, 6.45) is -0.0384. The highest BCUT2D eigenvalue weighted by atomic mass is 19.4. The van der Waals surface area contributed by atoms with Crippen LogP contribution in [0.4, 0.5) is 23.2 Å². The Hall–Kier alpha value is -3.73. The number of halogens is 4. The van der Waals surface area contributed by atoms with E-state index in [4.69, 9.17) is 4.74 Å². The predicted octanol–water partition coefficient (Wildman–Crippen LogP) is 5.35. The second-order valence-corrected chi connectivity index (χ2v) is 9.48. The number of nitrogens with zero attached hydrogens (tertiary/aromatic N) is 2. The van der Waals surface area contributed by atoms with Gasteiger partial charge >= 0.3 is 12.1 Å². The van der Waals surface area contributed by atoms with Crippen molar-refractivity contribution < 1.29 is 37.0 Å². The van der Waals surface area contributed by atoms with E-state index in [-0.39, 0.29) is 35.7 Å². The number of benzene rings is 2. The molecular formula is C26H23F4N3O4. The quantitative estimate of drug-likeness (QED) is 0.430. The first-order valence-electron chi connectivity index (χ1n) is 11.7. The molecule has 0 radical (unpaired) electrons. The van der Waals surface area contributed by atoms with E-state index in [0.29, 0.717) is 36.0 Å². The number of nitrogens with one attached hydrogen (secondary N) is 1. The molecule has 37 heavy (non-hydrogen) atoms. The maximum Gasteiger partial charge on any atom is 0.416 e. The molecule has 7 nitrogen and oxygen atoms in total. The lowest BCUT2D eigenvalue weighted by atomic mass is 9.92. The van der Waals surface area contributed by atoms with Crippen molar-refractivity contribution in [3.8, 4) is 11.1 Å². The van der Waals surface area contributed by atoms with Crippen LogP contribution in [0.15, 0.2) is 42.7 Å². The molecule has 2 heterocycles. The van der Waals surface area contributed by atoms with Crippen molar-refractivity contribution in [3.63, 3.8) is 0 Å². The molecule has 1 saturated carbocycles. The van der Waals surface area contributed by atoms with E-state index >= 15 is 0 Å². The van der Waals surface area contributed by atoms with Gasteiger partial charge in [0.15, 0.2) is 0 Å². The average Bonchev–Trinajstić information content (AvgIpc) is 3.21. The Labute approximate surface area is 209 Å². The average molecular weight is 517 g/mol. The van der Waals surface area contributed by atoms with Crippen LogP contribution in [-0.4, -0.2) is 40.0 Å². The van der Waals surface area contributed by atoms with Crippen molar-refractivity contribution in [1.29, 1.82) is 0 Å². The van der Waals surface area contributed by atoms with Crippen LogP contribution in [0, 0.1) is 12.7 Å². The van der Waals surface area contributed by atoms with Crippen molar-refractivity contribution in [2.24, 2.45) is 0 Å². The van der Waals surface area contributed by atoms with Crippen LogP contribution in [-0.2, 0) is 21.1 Å². The number of ether oxygens (including phenoxy) is 1. The number of aromatic nitrogens is 2. The van der Waals surface area contributed by atoms with Crippen molar-refractivity contribution in [3.05, 3.63) is 70.8 Å². The van der Waals surface area contributed by atoms with Gasteiger partial charge in [0.1, 0.15) is 5.82 Å². The first-order valence-corrected chi connectivity index (χ1v) is 11.7. The van der Waals surface area contributed by atoms with Gasteiger partial charge in [0, 0.05) is 35.2 Å². The van der Waals surface area contributed by atoms with E-state index in [1.165, 1.54) is 6.07 Å². The number of aryl methyl sites for hydroxylation is 1. The highest BCUT2D eigenvalue weighted by Crippen LogP contribution is 2.50. The topological polar surface area (TPSA) is 93.5 Å². The number of carbonyl (C=O) groups is 2. The number of carboxylic acid groups (broad SMARTS) is 1. The standard InChI is InChI=1S/C26H23F4N3O4/c1-14-8-17(10-19(23(34)35)22(14)15-11-31-33(12-15)18-4-7-37-13-18)32-24(36)25(5-6-25)20-3-2-16(9-21(20)27)26(28,29)30/h2-3,8-12,18H,4-7,13H2,1H3,(H,32,36)(H,34,35)/t18-/m1/s1. The zero-order valence-corrected chi connectivity index (χ0v) is 19.7. The maximum absolute atomic E-state index is 14.6. The summed E-state index contributed by atoms with van der Waals surface area (Å²) in [5.41, 5.74) is -0.797. The van der Waals surface area contributed by atoms with Crippen LogP contribution in [0.5, 0.6) is 0 Å². The van der Waals surface area contributed by atoms with Gasteiger partial charge < -0.3 is 15.2 Å². The summed E-state index contributed by atoms with van der Waals surface area (Å²) >= 11 is 0. The third kappa shape index (κ3) is 4.59. The van der Waals surface area contributed by atoms with Gasteiger partial charge in [0.25, 0.3) is 0 Å². The molecule has 1 aromatic heterocycles. The Morgan fingerprint density at radius 1 is 1.22 bits per heavy atom. The summed E-state index contributed by atoms with van der Waals surface area (Å²) in [5.74, 6) is -2.92. The number of aromatic carboxylic acids is 1. The molecule has 1 aliphatic carbocycles. The van der Waals surface area contributed by atoms with E-state index in [1.807, 2.05) is 0 Å². The summed E-state index contributed by atoms with van der Waals surface area (Å²) < 4.78 is 60.6. The lowest BCUT2D eigenvalue weighted by Crippen LogP contribution is -2.29. The molecule has 1 aliphatic heterocycles. The van der Waals surface area contributed by atoms with Crippen molar-refractivity contribution in [1.82, 2.24) is 9.78 Å². The van der Waals surface area contributed by atoms with Crippen molar-refractivity contribution in [2.75, 3.05) is 18.5 Å². The highest BCUT2D eigenvalue weighted by molar-refractivity contribution is 6.04. The van der Waals surface area contributed by atoms with Gasteiger partial charge in [0.05, 0.1) is 35.4 Å². The lowest BCUT2D eigenvalue weighted by molar-refractivity contribution is -0.137. The van der Waals surface area contributed by atoms with Gasteiger partial charge in [-0.25, -0.2) is 9.18 Å². The van der Waals surface area contributed by atoms with E-state index in [0.717, 1.165) is 18.6 Å². The molecule has 2 N–H and O–H groups in total. The molecule has 0 spiro atoms. The Morgan fingerprint density at radius 2 is 1.97 bits per heavy atom. The van der Waals surface area contributed by atoms with Crippen molar-refractivity contribution in [2.45, 2.75) is 43.8 Å². The minimum Gasteiger partial charge on any atom is -0.478 e. The molecular weight excluding hydrogens is 494 g/mol. The Bertz CT molecular complexity index is 1390. The van der Waals surface area contributed by atoms with E-state index < -0.39 is 34.8 Å². The Kier molecular flexibility index (Phi) is 6.06. The zero-order chi connectivity index (χ0) is 26.5. The molecule has 1 atom stereocenters. The van der Waals surface area contributed by atoms with Gasteiger partial charge in [-0.05, 0) is 56.0 Å². The molecule has 2 aromatic carbocycles. The summed E-state index contributed by atoms with van der Waals surface area (Å²) in [6, 6.07) is 5.13. The SMILES string of the molecule is Cc1cc(NC(=O)C2(c3ccc(C(F)(F)F)cc3F)CC2)cc(C(=O)O)c1-c1cnn([C@@H]2CCOC2)c1. The van der Waals surface area contributed by atoms with Gasteiger partial charge in [-0.3, -0.25) is 9.48 Å². The Balaban J connectivity index is 1.43. The summed E-state index contributed by atoms with van der Waals surface area (Å²) in [4.78, 5) is 25.3. The molecule has 5 rings (SSSR count). The fourth-order valence-corrected chi connectivity index (χ4v) is 4.88. The number of alkyl halides is 3. The van der Waals surface area contributed by atoms with Crippen molar-refractivity contribution >= 4 is 17.6 Å². The van der Waals surface area contributed by atoms with Gasteiger partial charge in [-0.1, -0.05) is 6.07 Å². The van der Waals surface area contributed by atoms with Gasteiger partial charge in [-0.15, -0.1) is 0 Å². The first kappa shape index (κ1) is 24.9. The number of hydrogen-bond donors (Lipinski definition) is 2. The number of rotatable bonds is 6. The van der Waals surface area contributed by atoms with Crippen LogP contribution < -0.4 is 5.32 Å². The third-order valence-corrected chi connectivity index (χ3v) is 6.99. The lowest BCUT2D eigenvalue weighted by Gasteiger charge is -2.19. The van der Waals surface area contributed by atoms with Crippen LogP contribution in [0.25, 0.3) is 11.1 Å². The molecule has 3 aromatic rings. The second kappa shape index (κ2) is 8.98. The monoisotopic (exact) mass is 517 g/mol. The zero-order valence-electron chi connectivity index (χ0n) is 19.7. The van der Waals surface area contributed by atoms with Crippen LogP contribution in [0.3, 0.4) is 0 Å². The fraction of sp³-hybridized carbons (Fsp3) is 0.346. The molecule has 1 saturated heterocycles. The fourth-order valence-electron chi connectivity index (χ4n) is 4.88. The number of anilines is 1. The molecule has 1 amide bonds. The molecule has 194 valence electrons. The van der Waals surface area contributed by atoms with Gasteiger partial charge in [0.2, 0.25) is 5.91 Å². The smallest absolute Gasteiger partial charge is 0.416 e. The third-order valence-electron chi connectivity index (χ3n) is 6.99. The maximum atomic E-state index is 14.6. The first-order chi connectivity index (χ1) is 17.5. The summed E-state index contributed by atoms with van der Waals surface area (Å²) in [7, 11) is 0. The van der Waals surface area contributed by atoms with Crippen LogP contribution in [0.2, 0.25) is 0 Å². The van der Waals surface area contributed by atoms with E-state index in [9.17, 15) is 32.3 Å². The number of amides is 1. The number of carboxylic acids is 1. The molecule has 2 fully saturated rings. The largest absolute Gasteiger partial charge is 0.478 e. The van der Waals surface area contributed by atoms with Crippen LogP contribution in [0.1, 0.15) is 52.4 Å². The van der Waals surface area contributed by atoms with Crippen LogP contribution >= 0.6 is 0 Å². The minimum atomic E-state index is -4.70. The van der Waals surface area contributed by atoms with Gasteiger partial charge in [-0.2, -0.15) is 18.3 Å². The Morgan fingerprint density at radius 3 is 2.57 bits per heavy atom. The highest BCUT2D eigenvalue weighted by Gasteiger charge is 2.53. The normalized spacial score (nSPS) is 18.6. The second-order valence-electron chi connectivity index (χ2n) is 9.48. The summed E-state index contributed by atoms with van der Waals surface area (Å²) in [5, 5.41) is 16.9. The summed E-state index contributed by atoms with van der Waals surface area (Å²) in [6.45, 7) is 2.86. The van der Waals surface area contributed by atoms with E-state index in [1.54, 1.807) is 30.1 Å². The minimum absolute atomic E-state index is 0.0527. The van der Waals surface area contributed by atoms with E-state index in [2.05, 4.69) is 10.4 Å². The molecule has 0 bridgehead atoms. The predicted molar refractivity (Wildman–Crippen MR) is 125 cm³/mol. The number of carbonyl (C=O) groups excluding carboxylic acids is 1. The molecule has 2 aliphatic rings. The number of hydrogen-bond acceptors (Lipinski definition) is 4.